The van der Waals surface area contributed by atoms with E-state index in [1.54, 1.807) is 0 Å². The van der Waals surface area contributed by atoms with E-state index in [9.17, 15) is 4.79 Å². The van der Waals surface area contributed by atoms with Crippen LogP contribution in [0.15, 0.2) is 29.6 Å². The highest BCUT2D eigenvalue weighted by Crippen LogP contribution is 2.26. The second-order valence-electron chi connectivity index (χ2n) is 5.54. The molecule has 1 aromatic heterocycles. The molecule has 0 radical (unpaired) electrons. The molecular formula is C16H19ClN4OS. The fourth-order valence-electron chi connectivity index (χ4n) is 2.67. The summed E-state index contributed by atoms with van der Waals surface area (Å²) in [5.74, 6) is -0.0840. The van der Waals surface area contributed by atoms with Crippen LogP contribution in [0.4, 0.5) is 10.8 Å². The quantitative estimate of drug-likeness (QED) is 0.920. The van der Waals surface area contributed by atoms with Crippen molar-refractivity contribution in [2.45, 2.75) is 13.5 Å². The average Bonchev–Trinajstić information content (AvgIpc) is 2.95. The molecular weight excluding hydrogens is 332 g/mol. The second-order valence-corrected chi connectivity index (χ2v) is 6.81. The minimum absolute atomic E-state index is 0.0840. The lowest BCUT2D eigenvalue weighted by Crippen LogP contribution is -2.46. The number of hydrogen-bond acceptors (Lipinski definition) is 5. The third-order valence-corrected chi connectivity index (χ3v) is 4.91. The van der Waals surface area contributed by atoms with Gasteiger partial charge >= 0.3 is 0 Å². The molecule has 0 saturated carbocycles. The molecule has 2 aromatic rings. The van der Waals surface area contributed by atoms with Gasteiger partial charge in [0.2, 0.25) is 5.91 Å². The van der Waals surface area contributed by atoms with Gasteiger partial charge in [0.1, 0.15) is 0 Å². The largest absolute Gasteiger partial charge is 0.368 e. The normalized spacial score (nSPS) is 15.7. The maximum Gasteiger partial charge on any atom is 0.223 e. The van der Waals surface area contributed by atoms with Crippen molar-refractivity contribution >= 4 is 39.7 Å². The molecule has 1 aliphatic rings. The monoisotopic (exact) mass is 350 g/mol. The molecule has 1 N–H and O–H groups in total. The van der Waals surface area contributed by atoms with E-state index in [1.165, 1.54) is 18.3 Å². The molecule has 0 bridgehead atoms. The first-order chi connectivity index (χ1) is 11.1. The molecule has 0 spiro atoms. The predicted octanol–water partition coefficient (Wildman–Crippen LogP) is 3.08. The molecule has 0 atom stereocenters. The molecule has 1 amide bonds. The summed E-state index contributed by atoms with van der Waals surface area (Å²) >= 11 is 7.74. The Kier molecular flexibility index (Phi) is 5.15. The zero-order valence-electron chi connectivity index (χ0n) is 13.0. The standard InChI is InChI=1S/C16H19ClN4OS/c1-12(22)18-16-19-13(11-23-16)10-20-6-8-21(9-7-20)15-5-3-2-4-14(15)17/h2-5,11H,6-10H2,1H3,(H,18,19,22). The number of aromatic nitrogens is 1. The molecule has 1 aromatic carbocycles. The SMILES string of the molecule is CC(=O)Nc1nc(CN2CCN(c3ccccc3Cl)CC2)cs1. The van der Waals surface area contributed by atoms with Crippen LogP contribution in [0, 0.1) is 0 Å². The number of nitrogens with zero attached hydrogens (tertiary/aromatic N) is 3. The molecule has 122 valence electrons. The Hall–Kier alpha value is -1.63. The Morgan fingerprint density at radius 1 is 1.30 bits per heavy atom. The number of carbonyl (C=O) groups excluding carboxylic acids is 1. The first-order valence-corrected chi connectivity index (χ1v) is 8.81. The molecule has 23 heavy (non-hydrogen) atoms. The van der Waals surface area contributed by atoms with Gasteiger partial charge in [0, 0.05) is 45.0 Å². The van der Waals surface area contributed by atoms with E-state index in [1.807, 2.05) is 23.6 Å². The first kappa shape index (κ1) is 16.2. The topological polar surface area (TPSA) is 48.5 Å². The minimum atomic E-state index is -0.0840. The Morgan fingerprint density at radius 2 is 2.04 bits per heavy atom. The number of amides is 1. The van der Waals surface area contributed by atoms with Gasteiger partial charge in [-0.05, 0) is 12.1 Å². The Labute approximate surface area is 144 Å². The third kappa shape index (κ3) is 4.22. The van der Waals surface area contributed by atoms with Crippen molar-refractivity contribution in [2.75, 3.05) is 36.4 Å². The molecule has 2 heterocycles. The number of piperazine rings is 1. The van der Waals surface area contributed by atoms with Gasteiger partial charge in [0.25, 0.3) is 0 Å². The van der Waals surface area contributed by atoms with Gasteiger partial charge in [-0.1, -0.05) is 23.7 Å². The van der Waals surface area contributed by atoms with Crippen LogP contribution in [0.25, 0.3) is 0 Å². The molecule has 1 fully saturated rings. The third-order valence-electron chi connectivity index (χ3n) is 3.79. The van der Waals surface area contributed by atoms with Crippen LogP contribution in [0.3, 0.4) is 0 Å². The molecule has 0 aliphatic carbocycles. The summed E-state index contributed by atoms with van der Waals surface area (Å²) in [6.45, 7) is 6.15. The molecule has 1 saturated heterocycles. The van der Waals surface area contributed by atoms with E-state index in [2.05, 4.69) is 26.2 Å². The number of nitrogens with one attached hydrogen (secondary N) is 1. The molecule has 3 rings (SSSR count). The maximum atomic E-state index is 11.0. The zero-order valence-corrected chi connectivity index (χ0v) is 14.5. The minimum Gasteiger partial charge on any atom is -0.368 e. The van der Waals surface area contributed by atoms with Crippen molar-refractivity contribution in [3.8, 4) is 0 Å². The highest BCUT2D eigenvalue weighted by atomic mass is 35.5. The van der Waals surface area contributed by atoms with Crippen LogP contribution in [-0.4, -0.2) is 42.0 Å². The van der Waals surface area contributed by atoms with Crippen LogP contribution in [0.5, 0.6) is 0 Å². The van der Waals surface area contributed by atoms with Crippen molar-refractivity contribution in [2.24, 2.45) is 0 Å². The molecule has 7 heteroatoms. The number of anilines is 2. The molecule has 5 nitrogen and oxygen atoms in total. The lowest BCUT2D eigenvalue weighted by atomic mass is 10.2. The highest BCUT2D eigenvalue weighted by Gasteiger charge is 2.19. The fraction of sp³-hybridized carbons (Fsp3) is 0.375. The van der Waals surface area contributed by atoms with Crippen LogP contribution in [0.2, 0.25) is 5.02 Å². The average molecular weight is 351 g/mol. The number of carbonyl (C=O) groups is 1. The van der Waals surface area contributed by atoms with Gasteiger partial charge in [0.05, 0.1) is 16.4 Å². The van der Waals surface area contributed by atoms with E-state index in [0.717, 1.165) is 49.1 Å². The lowest BCUT2D eigenvalue weighted by Gasteiger charge is -2.36. The molecule has 1 aliphatic heterocycles. The van der Waals surface area contributed by atoms with Crippen molar-refractivity contribution in [3.05, 3.63) is 40.4 Å². The van der Waals surface area contributed by atoms with Crippen molar-refractivity contribution < 1.29 is 4.79 Å². The lowest BCUT2D eigenvalue weighted by molar-refractivity contribution is -0.114. The number of thiazole rings is 1. The first-order valence-electron chi connectivity index (χ1n) is 7.55. The van der Waals surface area contributed by atoms with Crippen LogP contribution < -0.4 is 10.2 Å². The van der Waals surface area contributed by atoms with E-state index in [-0.39, 0.29) is 5.91 Å². The summed E-state index contributed by atoms with van der Waals surface area (Å²) in [6.07, 6.45) is 0. The number of benzene rings is 1. The Morgan fingerprint density at radius 3 is 2.74 bits per heavy atom. The maximum absolute atomic E-state index is 11.0. The van der Waals surface area contributed by atoms with Gasteiger partial charge in [-0.25, -0.2) is 4.98 Å². The summed E-state index contributed by atoms with van der Waals surface area (Å²) in [5, 5.41) is 6.20. The second kappa shape index (κ2) is 7.29. The van der Waals surface area contributed by atoms with E-state index in [0.29, 0.717) is 5.13 Å². The summed E-state index contributed by atoms with van der Waals surface area (Å²) in [5.41, 5.74) is 2.11. The number of hydrogen-bond donors (Lipinski definition) is 1. The summed E-state index contributed by atoms with van der Waals surface area (Å²) in [6, 6.07) is 7.98. The van der Waals surface area contributed by atoms with Gasteiger partial charge in [-0.2, -0.15) is 0 Å². The van der Waals surface area contributed by atoms with Crippen LogP contribution in [0.1, 0.15) is 12.6 Å². The molecule has 0 unspecified atom stereocenters. The highest BCUT2D eigenvalue weighted by molar-refractivity contribution is 7.13. The van der Waals surface area contributed by atoms with Crippen molar-refractivity contribution in [1.82, 2.24) is 9.88 Å². The smallest absolute Gasteiger partial charge is 0.223 e. The van der Waals surface area contributed by atoms with Crippen molar-refractivity contribution in [1.29, 1.82) is 0 Å². The van der Waals surface area contributed by atoms with Crippen molar-refractivity contribution in [3.63, 3.8) is 0 Å². The Balaban J connectivity index is 1.54. The summed E-state index contributed by atoms with van der Waals surface area (Å²) in [4.78, 5) is 20.2. The van der Waals surface area contributed by atoms with E-state index in [4.69, 9.17) is 11.6 Å². The summed E-state index contributed by atoms with van der Waals surface area (Å²) < 4.78 is 0. The predicted molar refractivity (Wildman–Crippen MR) is 95.4 cm³/mol. The van der Waals surface area contributed by atoms with E-state index >= 15 is 0 Å². The number of halogens is 1. The van der Waals surface area contributed by atoms with Gasteiger partial charge in [-0.15, -0.1) is 11.3 Å². The van der Waals surface area contributed by atoms with Crippen LogP contribution in [-0.2, 0) is 11.3 Å². The van der Waals surface area contributed by atoms with E-state index < -0.39 is 0 Å². The van der Waals surface area contributed by atoms with Gasteiger partial charge < -0.3 is 10.2 Å². The van der Waals surface area contributed by atoms with Crippen LogP contribution >= 0.6 is 22.9 Å². The van der Waals surface area contributed by atoms with Gasteiger partial charge in [-0.3, -0.25) is 9.69 Å². The number of rotatable bonds is 4. The Bertz CT molecular complexity index is 682. The summed E-state index contributed by atoms with van der Waals surface area (Å²) in [7, 11) is 0. The zero-order chi connectivity index (χ0) is 16.2. The fourth-order valence-corrected chi connectivity index (χ4v) is 3.67. The number of para-hydroxylation sites is 1. The van der Waals surface area contributed by atoms with Gasteiger partial charge in [0.15, 0.2) is 5.13 Å².